The Morgan fingerprint density at radius 1 is 1.24 bits per heavy atom. The number of anilines is 2. The van der Waals surface area contributed by atoms with Gasteiger partial charge in [0.25, 0.3) is 5.91 Å². The van der Waals surface area contributed by atoms with Gasteiger partial charge in [-0.3, -0.25) is 4.79 Å². The van der Waals surface area contributed by atoms with Crippen molar-refractivity contribution >= 4 is 17.3 Å². The van der Waals surface area contributed by atoms with Gasteiger partial charge < -0.3 is 15.8 Å². The predicted molar refractivity (Wildman–Crippen MR) is 76.5 cm³/mol. The third-order valence-electron chi connectivity index (χ3n) is 2.99. The van der Waals surface area contributed by atoms with E-state index in [9.17, 15) is 13.6 Å². The molecule has 2 aromatic rings. The van der Waals surface area contributed by atoms with Gasteiger partial charge in [-0.2, -0.15) is 0 Å². The van der Waals surface area contributed by atoms with Crippen molar-refractivity contribution in [1.29, 1.82) is 0 Å². The second kappa shape index (κ2) is 5.78. The number of methoxy groups -OCH3 is 1. The number of halogens is 2. The van der Waals surface area contributed by atoms with Crippen LogP contribution in [0.4, 0.5) is 20.2 Å². The van der Waals surface area contributed by atoms with E-state index in [-0.39, 0.29) is 0 Å². The van der Waals surface area contributed by atoms with Crippen LogP contribution in [-0.4, -0.2) is 13.0 Å². The van der Waals surface area contributed by atoms with Crippen molar-refractivity contribution in [2.75, 3.05) is 18.2 Å². The number of ether oxygens (including phenoxy) is 1. The summed E-state index contributed by atoms with van der Waals surface area (Å²) in [7, 11) is 1.53. The average Bonchev–Trinajstić information content (AvgIpc) is 2.44. The van der Waals surface area contributed by atoms with Gasteiger partial charge in [-0.05, 0) is 42.8 Å². The molecule has 0 radical (unpaired) electrons. The van der Waals surface area contributed by atoms with Crippen LogP contribution >= 0.6 is 0 Å². The molecule has 0 bridgehead atoms. The van der Waals surface area contributed by atoms with E-state index in [1.165, 1.54) is 7.11 Å². The summed E-state index contributed by atoms with van der Waals surface area (Å²) in [6, 6.07) is 6.61. The number of carbonyl (C=O) groups excluding carboxylic acids is 1. The van der Waals surface area contributed by atoms with Gasteiger partial charge in [0.05, 0.1) is 18.4 Å². The standard InChI is InChI=1S/C15H14F2N2O2/c1-8-5-10(21-2)3-4-13(8)19-15(20)11-6-9(16)7-12(18)14(11)17/h3-7H,18H2,1-2H3,(H,19,20). The van der Waals surface area contributed by atoms with Gasteiger partial charge in [0.15, 0.2) is 5.82 Å². The summed E-state index contributed by atoms with van der Waals surface area (Å²) in [6.45, 7) is 1.76. The van der Waals surface area contributed by atoms with Gasteiger partial charge in [-0.1, -0.05) is 0 Å². The first-order chi connectivity index (χ1) is 9.92. The summed E-state index contributed by atoms with van der Waals surface area (Å²) in [4.78, 5) is 12.0. The minimum Gasteiger partial charge on any atom is -0.497 e. The largest absolute Gasteiger partial charge is 0.497 e. The molecule has 0 spiro atoms. The van der Waals surface area contributed by atoms with Crippen LogP contribution in [0.2, 0.25) is 0 Å². The van der Waals surface area contributed by atoms with E-state index in [0.717, 1.165) is 17.7 Å². The molecule has 1 amide bonds. The molecule has 21 heavy (non-hydrogen) atoms. The summed E-state index contributed by atoms with van der Waals surface area (Å²) in [5.74, 6) is -1.86. The molecule has 0 unspecified atom stereocenters. The Labute approximate surface area is 120 Å². The molecular weight excluding hydrogens is 278 g/mol. The summed E-state index contributed by atoms with van der Waals surface area (Å²) in [5, 5.41) is 2.52. The summed E-state index contributed by atoms with van der Waals surface area (Å²) in [6.07, 6.45) is 0. The monoisotopic (exact) mass is 292 g/mol. The molecule has 0 aliphatic rings. The van der Waals surface area contributed by atoms with E-state index in [4.69, 9.17) is 10.5 Å². The van der Waals surface area contributed by atoms with Crippen LogP contribution < -0.4 is 15.8 Å². The smallest absolute Gasteiger partial charge is 0.258 e. The average molecular weight is 292 g/mol. The molecule has 0 aliphatic carbocycles. The molecule has 2 aromatic carbocycles. The summed E-state index contributed by atoms with van der Waals surface area (Å²) < 4.78 is 32.1. The second-order valence-corrected chi connectivity index (χ2v) is 4.49. The fourth-order valence-electron chi connectivity index (χ4n) is 1.87. The Morgan fingerprint density at radius 2 is 1.95 bits per heavy atom. The van der Waals surface area contributed by atoms with E-state index in [0.29, 0.717) is 11.4 Å². The molecule has 0 saturated carbocycles. The van der Waals surface area contributed by atoms with Crippen molar-refractivity contribution in [3.8, 4) is 5.75 Å². The first kappa shape index (κ1) is 14.8. The Hall–Kier alpha value is -2.63. The van der Waals surface area contributed by atoms with Crippen LogP contribution in [-0.2, 0) is 0 Å². The van der Waals surface area contributed by atoms with Gasteiger partial charge >= 0.3 is 0 Å². The second-order valence-electron chi connectivity index (χ2n) is 4.49. The van der Waals surface area contributed by atoms with E-state index in [1.54, 1.807) is 25.1 Å². The first-order valence-corrected chi connectivity index (χ1v) is 6.13. The number of benzene rings is 2. The summed E-state index contributed by atoms with van der Waals surface area (Å²) >= 11 is 0. The lowest BCUT2D eigenvalue weighted by molar-refractivity contribution is 0.102. The van der Waals surface area contributed by atoms with Crippen molar-refractivity contribution in [2.24, 2.45) is 0 Å². The van der Waals surface area contributed by atoms with E-state index < -0.39 is 28.8 Å². The molecule has 4 nitrogen and oxygen atoms in total. The highest BCUT2D eigenvalue weighted by Gasteiger charge is 2.17. The number of nitrogen functional groups attached to an aromatic ring is 1. The van der Waals surface area contributed by atoms with Gasteiger partial charge in [-0.25, -0.2) is 8.78 Å². The third-order valence-corrected chi connectivity index (χ3v) is 2.99. The lowest BCUT2D eigenvalue weighted by atomic mass is 10.1. The molecule has 3 N–H and O–H groups in total. The minimum atomic E-state index is -0.944. The van der Waals surface area contributed by atoms with Crippen molar-refractivity contribution in [3.63, 3.8) is 0 Å². The Kier molecular flexibility index (Phi) is 4.07. The van der Waals surface area contributed by atoms with E-state index in [2.05, 4.69) is 5.32 Å². The number of nitrogens with one attached hydrogen (secondary N) is 1. The van der Waals surface area contributed by atoms with Crippen LogP contribution in [0.3, 0.4) is 0 Å². The lowest BCUT2D eigenvalue weighted by Crippen LogP contribution is -2.16. The zero-order valence-corrected chi connectivity index (χ0v) is 11.5. The topological polar surface area (TPSA) is 64.3 Å². The van der Waals surface area contributed by atoms with Gasteiger partial charge in [0.2, 0.25) is 0 Å². The molecule has 2 rings (SSSR count). The quantitative estimate of drug-likeness (QED) is 0.854. The Balaban J connectivity index is 2.30. The molecule has 6 heteroatoms. The number of amides is 1. The van der Waals surface area contributed by atoms with Crippen molar-refractivity contribution < 1.29 is 18.3 Å². The highest BCUT2D eigenvalue weighted by molar-refractivity contribution is 6.05. The maximum absolute atomic E-state index is 13.8. The Morgan fingerprint density at radius 3 is 2.57 bits per heavy atom. The fourth-order valence-corrected chi connectivity index (χ4v) is 1.87. The number of hydrogen-bond acceptors (Lipinski definition) is 3. The SMILES string of the molecule is COc1ccc(NC(=O)c2cc(F)cc(N)c2F)c(C)c1. The highest BCUT2D eigenvalue weighted by atomic mass is 19.1. The van der Waals surface area contributed by atoms with Crippen molar-refractivity contribution in [2.45, 2.75) is 6.92 Å². The molecule has 0 heterocycles. The number of carbonyl (C=O) groups is 1. The number of nitrogens with two attached hydrogens (primary N) is 1. The van der Waals surface area contributed by atoms with Crippen molar-refractivity contribution in [1.82, 2.24) is 0 Å². The van der Waals surface area contributed by atoms with Gasteiger partial charge in [0.1, 0.15) is 11.6 Å². The normalized spacial score (nSPS) is 10.3. The fraction of sp³-hybridized carbons (Fsp3) is 0.133. The van der Waals surface area contributed by atoms with Crippen LogP contribution in [0.25, 0.3) is 0 Å². The molecule has 110 valence electrons. The molecule has 0 saturated heterocycles. The number of rotatable bonds is 3. The molecule has 0 atom stereocenters. The van der Waals surface area contributed by atoms with Crippen molar-refractivity contribution in [3.05, 3.63) is 53.1 Å². The minimum absolute atomic E-state index is 0.411. The van der Waals surface area contributed by atoms with Gasteiger partial charge in [-0.15, -0.1) is 0 Å². The first-order valence-electron chi connectivity index (χ1n) is 6.13. The summed E-state index contributed by atoms with van der Waals surface area (Å²) in [5.41, 5.74) is 5.66. The van der Waals surface area contributed by atoms with Crippen LogP contribution in [0.15, 0.2) is 30.3 Å². The lowest BCUT2D eigenvalue weighted by Gasteiger charge is -2.11. The predicted octanol–water partition coefficient (Wildman–Crippen LogP) is 3.12. The van der Waals surface area contributed by atoms with E-state index in [1.807, 2.05) is 0 Å². The molecular formula is C15H14F2N2O2. The maximum Gasteiger partial charge on any atom is 0.258 e. The zero-order chi connectivity index (χ0) is 15.6. The number of aryl methyl sites for hydroxylation is 1. The number of hydrogen-bond donors (Lipinski definition) is 2. The van der Waals surface area contributed by atoms with Crippen LogP contribution in [0, 0.1) is 18.6 Å². The molecule has 0 aliphatic heterocycles. The van der Waals surface area contributed by atoms with E-state index >= 15 is 0 Å². The van der Waals surface area contributed by atoms with Gasteiger partial charge in [0, 0.05) is 5.69 Å². The molecule has 0 fully saturated rings. The van der Waals surface area contributed by atoms with Crippen LogP contribution in [0.1, 0.15) is 15.9 Å². The third kappa shape index (κ3) is 3.10. The Bertz CT molecular complexity index is 702. The maximum atomic E-state index is 13.8. The highest BCUT2D eigenvalue weighted by Crippen LogP contribution is 2.23. The van der Waals surface area contributed by atoms with Crippen LogP contribution in [0.5, 0.6) is 5.75 Å². The zero-order valence-electron chi connectivity index (χ0n) is 11.5. The molecule has 0 aromatic heterocycles.